The number of anilines is 1. The predicted molar refractivity (Wildman–Crippen MR) is 114 cm³/mol. The van der Waals surface area contributed by atoms with Gasteiger partial charge in [0.2, 0.25) is 0 Å². The van der Waals surface area contributed by atoms with Gasteiger partial charge in [-0.1, -0.05) is 29.8 Å². The van der Waals surface area contributed by atoms with E-state index in [9.17, 15) is 15.2 Å². The van der Waals surface area contributed by atoms with Gasteiger partial charge in [0.25, 0.3) is 5.56 Å². The molecule has 0 aliphatic heterocycles. The molecule has 2 aromatic carbocycles. The molecule has 4 aromatic rings. The number of aliphatic hydroxyl groups excluding tert-OH is 1. The Balaban J connectivity index is 1.75. The van der Waals surface area contributed by atoms with Crippen LogP contribution in [0.1, 0.15) is 16.7 Å². The highest BCUT2D eigenvalue weighted by Crippen LogP contribution is 2.24. The number of nitrogens with one attached hydrogen (secondary N) is 1. The third kappa shape index (κ3) is 3.37. The van der Waals surface area contributed by atoms with Crippen LogP contribution in [0.25, 0.3) is 16.7 Å². The zero-order valence-electron chi connectivity index (χ0n) is 16.4. The Morgan fingerprint density at radius 1 is 1.10 bits per heavy atom. The van der Waals surface area contributed by atoms with Crippen LogP contribution in [0.4, 0.5) is 5.69 Å². The molecule has 6 nitrogen and oxygen atoms in total. The third-order valence-corrected chi connectivity index (χ3v) is 5.16. The van der Waals surface area contributed by atoms with E-state index in [0.29, 0.717) is 23.3 Å². The molecular formula is C23H22N4O2. The Labute approximate surface area is 168 Å². The smallest absolute Gasteiger partial charge is 0.257 e. The Morgan fingerprint density at radius 2 is 1.79 bits per heavy atom. The molecule has 0 bridgehead atoms. The van der Waals surface area contributed by atoms with Crippen molar-refractivity contribution < 1.29 is 5.11 Å². The van der Waals surface area contributed by atoms with Gasteiger partial charge in [0.15, 0.2) is 0 Å². The Bertz CT molecular complexity index is 1290. The molecule has 6 heteroatoms. The minimum Gasteiger partial charge on any atom is -0.389 e. The minimum atomic E-state index is -0.710. The number of aromatic nitrogens is 2. The first kappa shape index (κ1) is 18.8. The second kappa shape index (κ2) is 7.46. The monoisotopic (exact) mass is 386 g/mol. The Kier molecular flexibility index (Phi) is 4.83. The third-order valence-electron chi connectivity index (χ3n) is 5.16. The number of pyridine rings is 1. The largest absolute Gasteiger partial charge is 0.389 e. The van der Waals surface area contributed by atoms with Crippen molar-refractivity contribution in [3.63, 3.8) is 0 Å². The van der Waals surface area contributed by atoms with Crippen molar-refractivity contribution in [3.8, 4) is 6.07 Å². The lowest BCUT2D eigenvalue weighted by Crippen LogP contribution is -2.25. The molecule has 0 amide bonds. The maximum Gasteiger partial charge on any atom is 0.257 e. The summed E-state index contributed by atoms with van der Waals surface area (Å²) < 4.78 is 3.42. The summed E-state index contributed by atoms with van der Waals surface area (Å²) in [7, 11) is 0. The molecule has 0 aliphatic rings. The highest BCUT2D eigenvalue weighted by molar-refractivity contribution is 5.84. The summed E-state index contributed by atoms with van der Waals surface area (Å²) in [6.45, 7) is 4.39. The predicted octanol–water partition coefficient (Wildman–Crippen LogP) is 3.22. The van der Waals surface area contributed by atoms with Crippen LogP contribution in [-0.2, 0) is 6.54 Å². The number of imidazole rings is 1. The fraction of sp³-hybridized carbons (Fsp3) is 0.217. The molecule has 0 radical (unpaired) electrons. The quantitative estimate of drug-likeness (QED) is 0.552. The van der Waals surface area contributed by atoms with E-state index >= 15 is 0 Å². The summed E-state index contributed by atoms with van der Waals surface area (Å²) in [6.07, 6.45) is -0.710. The number of aliphatic hydroxyl groups is 1. The van der Waals surface area contributed by atoms with E-state index in [1.807, 2.05) is 60.0 Å². The topological polar surface area (TPSA) is 82.5 Å². The molecule has 0 saturated carbocycles. The van der Waals surface area contributed by atoms with E-state index in [2.05, 4.69) is 11.4 Å². The van der Waals surface area contributed by atoms with Crippen molar-refractivity contribution >= 4 is 22.4 Å². The molecule has 1 unspecified atom stereocenters. The van der Waals surface area contributed by atoms with Gasteiger partial charge >= 0.3 is 0 Å². The summed E-state index contributed by atoms with van der Waals surface area (Å²) in [5, 5.41) is 23.7. The number of fused-ring (bicyclic) bond motifs is 3. The van der Waals surface area contributed by atoms with E-state index in [0.717, 1.165) is 16.7 Å². The summed E-state index contributed by atoms with van der Waals surface area (Å²) >= 11 is 0. The summed E-state index contributed by atoms with van der Waals surface area (Å²) in [4.78, 5) is 12.7. The average Bonchev–Trinajstić information content (AvgIpc) is 3.03. The Hall–Kier alpha value is -3.56. The van der Waals surface area contributed by atoms with Crippen LogP contribution in [0.2, 0.25) is 0 Å². The number of hydrogen-bond acceptors (Lipinski definition) is 4. The second-order valence-electron chi connectivity index (χ2n) is 7.31. The molecule has 2 aromatic heterocycles. The fourth-order valence-corrected chi connectivity index (χ4v) is 3.70. The van der Waals surface area contributed by atoms with Gasteiger partial charge in [0.1, 0.15) is 11.7 Å². The molecule has 1 atom stereocenters. The van der Waals surface area contributed by atoms with Gasteiger partial charge in [-0.05, 0) is 43.7 Å². The highest BCUT2D eigenvalue weighted by Gasteiger charge is 2.19. The molecule has 0 aliphatic carbocycles. The van der Waals surface area contributed by atoms with Crippen LogP contribution in [0.5, 0.6) is 0 Å². The summed E-state index contributed by atoms with van der Waals surface area (Å²) in [5.41, 5.74) is 5.05. The summed E-state index contributed by atoms with van der Waals surface area (Å²) in [5.74, 6) is 0. The summed E-state index contributed by atoms with van der Waals surface area (Å²) in [6, 6.07) is 19.2. The zero-order chi connectivity index (χ0) is 20.5. The minimum absolute atomic E-state index is 0.182. The van der Waals surface area contributed by atoms with Crippen molar-refractivity contribution in [1.29, 1.82) is 5.26 Å². The molecule has 2 heterocycles. The molecule has 146 valence electrons. The van der Waals surface area contributed by atoms with E-state index in [-0.39, 0.29) is 12.1 Å². The molecule has 29 heavy (non-hydrogen) atoms. The van der Waals surface area contributed by atoms with Crippen LogP contribution in [0, 0.1) is 25.2 Å². The van der Waals surface area contributed by atoms with Crippen molar-refractivity contribution in [3.05, 3.63) is 81.6 Å². The van der Waals surface area contributed by atoms with Gasteiger partial charge in [0.05, 0.1) is 29.2 Å². The number of hydrogen-bond donors (Lipinski definition) is 2. The standard InChI is InChI=1S/C23H22N4O2/c1-15-7-9-17(10-8-15)25-13-18(28)14-26-20-5-3-4-6-21(20)27-22(29)11-16(2)19(12-24)23(26)27/h3-11,18,25,28H,13-14H2,1-2H3. The average molecular weight is 386 g/mol. The van der Waals surface area contributed by atoms with Crippen molar-refractivity contribution in [1.82, 2.24) is 8.97 Å². The fourth-order valence-electron chi connectivity index (χ4n) is 3.70. The molecule has 0 fully saturated rings. The lowest BCUT2D eigenvalue weighted by Gasteiger charge is -2.16. The highest BCUT2D eigenvalue weighted by atomic mass is 16.3. The van der Waals surface area contributed by atoms with E-state index < -0.39 is 6.10 Å². The molecule has 4 rings (SSSR count). The number of benzene rings is 2. The first-order chi connectivity index (χ1) is 14.0. The molecule has 2 N–H and O–H groups in total. The number of rotatable bonds is 5. The van der Waals surface area contributed by atoms with Gasteiger partial charge in [0, 0.05) is 18.3 Å². The zero-order valence-corrected chi connectivity index (χ0v) is 16.4. The SMILES string of the molecule is Cc1ccc(NCC(O)Cn2c3ccccc3n3c(=O)cc(C)c(C#N)c23)cc1. The van der Waals surface area contributed by atoms with Gasteiger partial charge in [-0.15, -0.1) is 0 Å². The molecule has 0 spiro atoms. The van der Waals surface area contributed by atoms with E-state index in [1.165, 1.54) is 11.6 Å². The number of aryl methyl sites for hydroxylation is 2. The molecule has 0 saturated heterocycles. The van der Waals surface area contributed by atoms with Crippen molar-refractivity contribution in [2.45, 2.75) is 26.5 Å². The van der Waals surface area contributed by atoms with Crippen molar-refractivity contribution in [2.24, 2.45) is 0 Å². The van der Waals surface area contributed by atoms with Gasteiger partial charge in [-0.2, -0.15) is 5.26 Å². The van der Waals surface area contributed by atoms with E-state index in [4.69, 9.17) is 0 Å². The maximum atomic E-state index is 12.7. The second-order valence-corrected chi connectivity index (χ2v) is 7.31. The first-order valence-electron chi connectivity index (χ1n) is 9.52. The first-order valence-corrected chi connectivity index (χ1v) is 9.52. The van der Waals surface area contributed by atoms with Crippen LogP contribution in [-0.4, -0.2) is 26.7 Å². The lowest BCUT2D eigenvalue weighted by atomic mass is 10.1. The van der Waals surface area contributed by atoms with Crippen LogP contribution >= 0.6 is 0 Å². The lowest BCUT2D eigenvalue weighted by molar-refractivity contribution is 0.169. The van der Waals surface area contributed by atoms with Gasteiger partial charge in [-0.25, -0.2) is 0 Å². The van der Waals surface area contributed by atoms with Crippen LogP contribution < -0.4 is 10.9 Å². The normalized spacial score (nSPS) is 12.2. The number of nitrogens with zero attached hydrogens (tertiary/aromatic N) is 3. The van der Waals surface area contributed by atoms with Crippen molar-refractivity contribution in [2.75, 3.05) is 11.9 Å². The molecular weight excluding hydrogens is 364 g/mol. The number of para-hydroxylation sites is 2. The number of nitriles is 1. The maximum absolute atomic E-state index is 12.7. The van der Waals surface area contributed by atoms with Crippen LogP contribution in [0.3, 0.4) is 0 Å². The Morgan fingerprint density at radius 3 is 2.48 bits per heavy atom. The van der Waals surface area contributed by atoms with Gasteiger partial charge in [-0.3, -0.25) is 9.20 Å². The van der Waals surface area contributed by atoms with Gasteiger partial charge < -0.3 is 15.0 Å². The van der Waals surface area contributed by atoms with Crippen LogP contribution in [0.15, 0.2) is 59.4 Å². The van der Waals surface area contributed by atoms with E-state index in [1.54, 1.807) is 11.3 Å².